The van der Waals surface area contributed by atoms with Gasteiger partial charge in [0, 0.05) is 10.7 Å². The number of imidazole rings is 1. The zero-order valence-electron chi connectivity index (χ0n) is 11.5. The van der Waals surface area contributed by atoms with Gasteiger partial charge in [-0.1, -0.05) is 6.92 Å². The Hall–Kier alpha value is -2.08. The molecular formula is C15H14BrN3O2. The first-order valence-electron chi connectivity index (χ1n) is 6.66. The SMILES string of the molecule is CCc1nc2ccc(Br)cn2c1C(=O)NCc1ccco1. The van der Waals surface area contributed by atoms with Crippen LogP contribution in [0.4, 0.5) is 0 Å². The zero-order valence-corrected chi connectivity index (χ0v) is 13.1. The summed E-state index contributed by atoms with van der Waals surface area (Å²) in [6.45, 7) is 2.34. The quantitative estimate of drug-likeness (QED) is 0.788. The smallest absolute Gasteiger partial charge is 0.270 e. The van der Waals surface area contributed by atoms with Gasteiger partial charge in [-0.05, 0) is 46.6 Å². The van der Waals surface area contributed by atoms with Crippen LogP contribution in [0.5, 0.6) is 0 Å². The number of nitrogens with zero attached hydrogens (tertiary/aromatic N) is 2. The molecule has 0 bridgehead atoms. The summed E-state index contributed by atoms with van der Waals surface area (Å²) in [4.78, 5) is 17.0. The predicted octanol–water partition coefficient (Wildman–Crippen LogP) is 3.18. The van der Waals surface area contributed by atoms with E-state index in [1.165, 1.54) is 0 Å². The molecule has 1 N–H and O–H groups in total. The fourth-order valence-electron chi connectivity index (χ4n) is 2.22. The molecule has 0 fully saturated rings. The maximum absolute atomic E-state index is 12.5. The van der Waals surface area contributed by atoms with E-state index in [0.29, 0.717) is 18.7 Å². The number of hydrogen-bond acceptors (Lipinski definition) is 3. The van der Waals surface area contributed by atoms with Crippen LogP contribution in [0.25, 0.3) is 5.65 Å². The highest BCUT2D eigenvalue weighted by atomic mass is 79.9. The Labute approximate surface area is 130 Å². The normalized spacial score (nSPS) is 11.0. The van der Waals surface area contributed by atoms with E-state index in [1.54, 1.807) is 16.7 Å². The van der Waals surface area contributed by atoms with Crippen molar-refractivity contribution in [3.05, 3.63) is 58.3 Å². The predicted molar refractivity (Wildman–Crippen MR) is 82.1 cm³/mol. The molecule has 0 aliphatic heterocycles. The average molecular weight is 348 g/mol. The van der Waals surface area contributed by atoms with E-state index in [-0.39, 0.29) is 5.91 Å². The monoisotopic (exact) mass is 347 g/mol. The van der Waals surface area contributed by atoms with Gasteiger partial charge in [-0.2, -0.15) is 0 Å². The summed E-state index contributed by atoms with van der Waals surface area (Å²) in [6.07, 6.45) is 4.14. The molecule has 0 aliphatic rings. The third kappa shape index (κ3) is 2.71. The van der Waals surface area contributed by atoms with Crippen molar-refractivity contribution in [1.82, 2.24) is 14.7 Å². The fourth-order valence-corrected chi connectivity index (χ4v) is 2.56. The molecule has 1 amide bonds. The van der Waals surface area contributed by atoms with Crippen molar-refractivity contribution < 1.29 is 9.21 Å². The van der Waals surface area contributed by atoms with Gasteiger partial charge < -0.3 is 9.73 Å². The lowest BCUT2D eigenvalue weighted by Crippen LogP contribution is -2.25. The Morgan fingerprint density at radius 1 is 1.43 bits per heavy atom. The summed E-state index contributed by atoms with van der Waals surface area (Å²) in [5, 5.41) is 2.86. The number of hydrogen-bond donors (Lipinski definition) is 1. The first-order valence-corrected chi connectivity index (χ1v) is 7.45. The Bertz CT molecular complexity index is 778. The topological polar surface area (TPSA) is 59.5 Å². The number of aryl methyl sites for hydroxylation is 1. The maximum Gasteiger partial charge on any atom is 0.270 e. The lowest BCUT2D eigenvalue weighted by Gasteiger charge is -2.05. The number of fused-ring (bicyclic) bond motifs is 1. The molecule has 3 aromatic rings. The van der Waals surface area contributed by atoms with Crippen molar-refractivity contribution in [3.63, 3.8) is 0 Å². The Balaban J connectivity index is 1.94. The number of furan rings is 1. The third-order valence-electron chi connectivity index (χ3n) is 3.21. The van der Waals surface area contributed by atoms with Crippen LogP contribution in [0, 0.1) is 0 Å². The van der Waals surface area contributed by atoms with Crippen LogP contribution in [0.2, 0.25) is 0 Å². The van der Waals surface area contributed by atoms with Crippen molar-refractivity contribution in [1.29, 1.82) is 0 Å². The first kappa shape index (κ1) is 13.9. The van der Waals surface area contributed by atoms with Crippen LogP contribution in [0.3, 0.4) is 0 Å². The van der Waals surface area contributed by atoms with Gasteiger partial charge in [0.1, 0.15) is 17.1 Å². The average Bonchev–Trinajstić information content (AvgIpc) is 3.11. The standard InChI is InChI=1S/C15H14BrN3O2/c1-2-12-14(15(20)17-8-11-4-3-7-21-11)19-9-10(16)5-6-13(19)18-12/h3-7,9H,2,8H2,1H3,(H,17,20). The van der Waals surface area contributed by atoms with Crippen molar-refractivity contribution >= 4 is 27.5 Å². The van der Waals surface area contributed by atoms with Crippen LogP contribution >= 0.6 is 15.9 Å². The van der Waals surface area contributed by atoms with Crippen LogP contribution in [-0.2, 0) is 13.0 Å². The largest absolute Gasteiger partial charge is 0.467 e. The van der Waals surface area contributed by atoms with Gasteiger partial charge in [0.05, 0.1) is 18.5 Å². The van der Waals surface area contributed by atoms with Crippen LogP contribution in [-0.4, -0.2) is 15.3 Å². The van der Waals surface area contributed by atoms with Gasteiger partial charge in [0.15, 0.2) is 0 Å². The maximum atomic E-state index is 12.5. The van der Waals surface area contributed by atoms with E-state index in [1.807, 2.05) is 31.3 Å². The number of aromatic nitrogens is 2. The van der Waals surface area contributed by atoms with Crippen molar-refractivity contribution in [2.75, 3.05) is 0 Å². The second kappa shape index (κ2) is 5.73. The van der Waals surface area contributed by atoms with Gasteiger partial charge in [0.2, 0.25) is 0 Å². The molecule has 108 valence electrons. The van der Waals surface area contributed by atoms with E-state index in [9.17, 15) is 4.79 Å². The lowest BCUT2D eigenvalue weighted by molar-refractivity contribution is 0.0941. The number of carbonyl (C=O) groups excluding carboxylic acids is 1. The molecule has 3 aromatic heterocycles. The number of halogens is 1. The Morgan fingerprint density at radius 3 is 3.00 bits per heavy atom. The molecular weight excluding hydrogens is 334 g/mol. The molecule has 0 spiro atoms. The minimum absolute atomic E-state index is 0.158. The van der Waals surface area contributed by atoms with Gasteiger partial charge >= 0.3 is 0 Å². The van der Waals surface area contributed by atoms with Crippen LogP contribution in [0.1, 0.15) is 28.9 Å². The van der Waals surface area contributed by atoms with Gasteiger partial charge in [0.25, 0.3) is 5.91 Å². The molecule has 0 saturated heterocycles. The summed E-state index contributed by atoms with van der Waals surface area (Å²) in [5.74, 6) is 0.560. The molecule has 0 radical (unpaired) electrons. The zero-order chi connectivity index (χ0) is 14.8. The molecule has 3 heterocycles. The molecule has 5 nitrogen and oxygen atoms in total. The number of amides is 1. The van der Waals surface area contributed by atoms with Crippen molar-refractivity contribution in [2.45, 2.75) is 19.9 Å². The van der Waals surface area contributed by atoms with E-state index < -0.39 is 0 Å². The second-order valence-corrected chi connectivity index (χ2v) is 5.51. The molecule has 21 heavy (non-hydrogen) atoms. The lowest BCUT2D eigenvalue weighted by atomic mass is 10.2. The molecule has 0 atom stereocenters. The minimum Gasteiger partial charge on any atom is -0.467 e. The molecule has 6 heteroatoms. The van der Waals surface area contributed by atoms with Crippen LogP contribution < -0.4 is 5.32 Å². The van der Waals surface area contributed by atoms with Crippen LogP contribution in [0.15, 0.2) is 45.6 Å². The summed E-state index contributed by atoms with van der Waals surface area (Å²) in [7, 11) is 0. The fraction of sp³-hybridized carbons (Fsp3) is 0.200. The van der Waals surface area contributed by atoms with E-state index in [4.69, 9.17) is 4.42 Å². The Kier molecular flexibility index (Phi) is 3.79. The highest BCUT2D eigenvalue weighted by Gasteiger charge is 2.18. The summed E-state index contributed by atoms with van der Waals surface area (Å²) >= 11 is 3.42. The van der Waals surface area contributed by atoms with Crippen molar-refractivity contribution in [2.24, 2.45) is 0 Å². The number of rotatable bonds is 4. The van der Waals surface area contributed by atoms with E-state index in [2.05, 4.69) is 26.2 Å². The highest BCUT2D eigenvalue weighted by Crippen LogP contribution is 2.17. The van der Waals surface area contributed by atoms with Gasteiger partial charge in [-0.25, -0.2) is 4.98 Å². The molecule has 0 unspecified atom stereocenters. The number of carbonyl (C=O) groups is 1. The van der Waals surface area contributed by atoms with Gasteiger partial charge in [-0.15, -0.1) is 0 Å². The number of pyridine rings is 1. The minimum atomic E-state index is -0.158. The van der Waals surface area contributed by atoms with E-state index >= 15 is 0 Å². The van der Waals surface area contributed by atoms with Crippen molar-refractivity contribution in [3.8, 4) is 0 Å². The van der Waals surface area contributed by atoms with E-state index in [0.717, 1.165) is 21.6 Å². The highest BCUT2D eigenvalue weighted by molar-refractivity contribution is 9.10. The summed E-state index contributed by atoms with van der Waals surface area (Å²) < 4.78 is 7.92. The Morgan fingerprint density at radius 2 is 2.29 bits per heavy atom. The molecule has 0 aliphatic carbocycles. The molecule has 0 saturated carbocycles. The summed E-state index contributed by atoms with van der Waals surface area (Å²) in [6, 6.07) is 7.41. The second-order valence-electron chi connectivity index (χ2n) is 4.60. The number of nitrogens with one attached hydrogen (secondary N) is 1. The molecule has 0 aromatic carbocycles. The first-order chi connectivity index (χ1) is 10.2. The van der Waals surface area contributed by atoms with Gasteiger partial charge in [-0.3, -0.25) is 9.20 Å². The molecule has 3 rings (SSSR count). The third-order valence-corrected chi connectivity index (χ3v) is 3.68. The summed E-state index contributed by atoms with van der Waals surface area (Å²) in [5.41, 5.74) is 2.11.